The lowest BCUT2D eigenvalue weighted by atomic mass is 9.82. The van der Waals surface area contributed by atoms with Crippen molar-refractivity contribution in [1.29, 1.82) is 0 Å². The maximum atomic E-state index is 10.6. The second-order valence-electron chi connectivity index (χ2n) is 8.74. The minimum absolute atomic E-state index is 0.0578. The van der Waals surface area contributed by atoms with Gasteiger partial charge in [-0.05, 0) is 56.8 Å². The Hall–Kier alpha value is -2.47. The molecule has 1 N–H and O–H groups in total. The zero-order chi connectivity index (χ0) is 22.8. The third kappa shape index (κ3) is 5.29. The van der Waals surface area contributed by atoms with Gasteiger partial charge in [0.1, 0.15) is 17.7 Å². The van der Waals surface area contributed by atoms with Crippen molar-refractivity contribution in [1.82, 2.24) is 24.7 Å². The van der Waals surface area contributed by atoms with E-state index < -0.39 is 12.1 Å². The van der Waals surface area contributed by atoms with Gasteiger partial charge >= 0.3 is 12.1 Å². The van der Waals surface area contributed by atoms with Crippen molar-refractivity contribution in [3.8, 4) is 0 Å². The molecule has 0 amide bonds. The molecule has 176 valence electrons. The average molecular weight is 456 g/mol. The molecule has 1 spiro atoms. The fourth-order valence-corrected chi connectivity index (χ4v) is 4.52. The SMILES string of the molecule is O=C(O)C(F)(F)F.c1cc2nncn2nc1N1CC2(CCC(CN3CCCCC3)CO2)C1. The number of alkyl halides is 3. The van der Waals surface area contributed by atoms with E-state index in [-0.39, 0.29) is 5.60 Å². The number of carboxylic acid groups (broad SMARTS) is 1. The first-order valence-corrected chi connectivity index (χ1v) is 10.8. The molecular weight excluding hydrogens is 429 g/mol. The number of anilines is 1. The number of rotatable bonds is 3. The van der Waals surface area contributed by atoms with Gasteiger partial charge in [-0.2, -0.15) is 17.7 Å². The topological polar surface area (TPSA) is 96.1 Å². The number of piperidine rings is 1. The Balaban J connectivity index is 0.000000307. The normalized spacial score (nSPS) is 23.5. The van der Waals surface area contributed by atoms with Gasteiger partial charge in [-0.15, -0.1) is 15.3 Å². The van der Waals surface area contributed by atoms with Crippen LogP contribution in [0.25, 0.3) is 5.65 Å². The molecule has 3 fully saturated rings. The molecule has 0 bridgehead atoms. The van der Waals surface area contributed by atoms with E-state index in [0.29, 0.717) is 5.92 Å². The summed E-state index contributed by atoms with van der Waals surface area (Å²) >= 11 is 0. The molecule has 3 aliphatic rings. The lowest BCUT2D eigenvalue weighted by Crippen LogP contribution is -2.65. The van der Waals surface area contributed by atoms with E-state index in [1.165, 1.54) is 51.7 Å². The van der Waals surface area contributed by atoms with Crippen molar-refractivity contribution in [2.24, 2.45) is 5.92 Å². The summed E-state index contributed by atoms with van der Waals surface area (Å²) in [6.45, 7) is 6.61. The number of aromatic nitrogens is 4. The summed E-state index contributed by atoms with van der Waals surface area (Å²) in [7, 11) is 0. The van der Waals surface area contributed by atoms with E-state index in [0.717, 1.165) is 31.2 Å². The lowest BCUT2D eigenvalue weighted by Gasteiger charge is -2.53. The van der Waals surface area contributed by atoms with E-state index in [2.05, 4.69) is 25.1 Å². The maximum Gasteiger partial charge on any atom is 0.490 e. The van der Waals surface area contributed by atoms with Crippen molar-refractivity contribution >= 4 is 17.4 Å². The van der Waals surface area contributed by atoms with Gasteiger partial charge in [0.25, 0.3) is 0 Å². The molecule has 0 aliphatic carbocycles. The summed E-state index contributed by atoms with van der Waals surface area (Å²) in [4.78, 5) is 13.8. The van der Waals surface area contributed by atoms with Crippen LogP contribution in [-0.4, -0.2) is 86.9 Å². The van der Waals surface area contributed by atoms with E-state index in [1.807, 2.05) is 12.1 Å². The Morgan fingerprint density at radius 1 is 1.22 bits per heavy atom. The summed E-state index contributed by atoms with van der Waals surface area (Å²) in [5.41, 5.74) is 0.843. The second-order valence-corrected chi connectivity index (χ2v) is 8.74. The van der Waals surface area contributed by atoms with Crippen LogP contribution < -0.4 is 4.90 Å². The first-order valence-electron chi connectivity index (χ1n) is 10.8. The zero-order valence-corrected chi connectivity index (χ0v) is 17.7. The highest BCUT2D eigenvalue weighted by Gasteiger charge is 2.47. The van der Waals surface area contributed by atoms with Crippen molar-refractivity contribution < 1.29 is 27.8 Å². The summed E-state index contributed by atoms with van der Waals surface area (Å²) in [6.07, 6.45) is 3.19. The van der Waals surface area contributed by atoms with Crippen LogP contribution in [0.1, 0.15) is 32.1 Å². The Morgan fingerprint density at radius 2 is 1.94 bits per heavy atom. The lowest BCUT2D eigenvalue weighted by molar-refractivity contribution is -0.192. The first kappa shape index (κ1) is 22.7. The Bertz CT molecular complexity index is 915. The quantitative estimate of drug-likeness (QED) is 0.751. The molecule has 3 aliphatic heterocycles. The Morgan fingerprint density at radius 3 is 2.56 bits per heavy atom. The van der Waals surface area contributed by atoms with Crippen LogP contribution in [-0.2, 0) is 9.53 Å². The van der Waals surface area contributed by atoms with Gasteiger partial charge in [0.2, 0.25) is 0 Å². The monoisotopic (exact) mass is 456 g/mol. The van der Waals surface area contributed by atoms with Crippen molar-refractivity contribution in [3.63, 3.8) is 0 Å². The van der Waals surface area contributed by atoms with Gasteiger partial charge in [-0.25, -0.2) is 4.79 Å². The van der Waals surface area contributed by atoms with Crippen LogP contribution >= 0.6 is 0 Å². The zero-order valence-electron chi connectivity index (χ0n) is 17.7. The van der Waals surface area contributed by atoms with E-state index >= 15 is 0 Å². The molecule has 3 saturated heterocycles. The third-order valence-corrected chi connectivity index (χ3v) is 6.27. The van der Waals surface area contributed by atoms with E-state index in [1.54, 1.807) is 10.8 Å². The van der Waals surface area contributed by atoms with Crippen LogP contribution in [0.5, 0.6) is 0 Å². The molecule has 0 aromatic carbocycles. The molecule has 1 unspecified atom stereocenters. The predicted molar refractivity (Wildman–Crippen MR) is 108 cm³/mol. The van der Waals surface area contributed by atoms with Gasteiger partial charge in [0.05, 0.1) is 19.7 Å². The number of hydrogen-bond acceptors (Lipinski definition) is 7. The third-order valence-electron chi connectivity index (χ3n) is 6.27. The number of fused-ring (bicyclic) bond motifs is 1. The van der Waals surface area contributed by atoms with Crippen LogP contribution in [0.3, 0.4) is 0 Å². The van der Waals surface area contributed by atoms with Crippen LogP contribution in [0.2, 0.25) is 0 Å². The van der Waals surface area contributed by atoms with Crippen LogP contribution in [0, 0.1) is 5.92 Å². The smallest absolute Gasteiger partial charge is 0.475 e. The number of halogens is 3. The highest BCUT2D eigenvalue weighted by atomic mass is 19.4. The maximum absolute atomic E-state index is 10.6. The van der Waals surface area contributed by atoms with Gasteiger partial charge < -0.3 is 19.6 Å². The fourth-order valence-electron chi connectivity index (χ4n) is 4.52. The van der Waals surface area contributed by atoms with Crippen molar-refractivity contribution in [2.75, 3.05) is 44.2 Å². The molecule has 0 radical (unpaired) electrons. The molecule has 1 atom stereocenters. The standard InChI is InChI=1S/C18H26N6O.C2HF3O2/c1-2-8-22(9-3-1)10-15-6-7-18(25-11-15)12-23(13-18)17-5-4-16-20-19-14-24(16)21-17;3-2(4,5)1(6)7/h4-5,14-15H,1-3,6-13H2;(H,6,7). The first-order chi connectivity index (χ1) is 15.2. The Labute approximate surface area is 183 Å². The van der Waals surface area contributed by atoms with Crippen molar-refractivity contribution in [3.05, 3.63) is 18.5 Å². The number of likely N-dealkylation sites (tertiary alicyclic amines) is 1. The Kier molecular flexibility index (Phi) is 6.52. The second kappa shape index (κ2) is 9.18. The highest BCUT2D eigenvalue weighted by Crippen LogP contribution is 2.38. The van der Waals surface area contributed by atoms with Gasteiger partial charge in [-0.1, -0.05) is 6.42 Å². The summed E-state index contributed by atoms with van der Waals surface area (Å²) < 4.78 is 39.8. The number of ether oxygens (including phenoxy) is 1. The predicted octanol–water partition coefficient (Wildman–Crippen LogP) is 2.23. The fraction of sp³-hybridized carbons (Fsp3) is 0.700. The molecular formula is C20H27F3N6O3. The molecule has 0 saturated carbocycles. The number of nitrogens with zero attached hydrogens (tertiary/aromatic N) is 6. The number of carbonyl (C=O) groups is 1. The molecule has 32 heavy (non-hydrogen) atoms. The van der Waals surface area contributed by atoms with Crippen LogP contribution in [0.15, 0.2) is 18.5 Å². The van der Waals surface area contributed by atoms with E-state index in [9.17, 15) is 13.2 Å². The summed E-state index contributed by atoms with van der Waals surface area (Å²) in [5, 5.41) is 19.6. The van der Waals surface area contributed by atoms with E-state index in [4.69, 9.17) is 14.6 Å². The van der Waals surface area contributed by atoms with Gasteiger partial charge in [0, 0.05) is 6.54 Å². The molecule has 2 aromatic heterocycles. The molecule has 12 heteroatoms. The minimum Gasteiger partial charge on any atom is -0.475 e. The molecule has 5 heterocycles. The minimum atomic E-state index is -5.08. The largest absolute Gasteiger partial charge is 0.490 e. The molecule has 9 nitrogen and oxygen atoms in total. The molecule has 2 aromatic rings. The highest BCUT2D eigenvalue weighted by molar-refractivity contribution is 5.73. The number of carboxylic acids is 1. The summed E-state index contributed by atoms with van der Waals surface area (Å²) in [5.74, 6) is -1.06. The summed E-state index contributed by atoms with van der Waals surface area (Å²) in [6, 6.07) is 4.00. The van der Waals surface area contributed by atoms with Crippen LogP contribution in [0.4, 0.5) is 19.0 Å². The molecule has 5 rings (SSSR count). The number of hydrogen-bond donors (Lipinski definition) is 1. The average Bonchev–Trinajstić information content (AvgIpc) is 3.21. The number of aliphatic carboxylic acids is 1. The van der Waals surface area contributed by atoms with Gasteiger partial charge in [-0.3, -0.25) is 0 Å². The van der Waals surface area contributed by atoms with Crippen molar-refractivity contribution in [2.45, 2.75) is 43.9 Å². The van der Waals surface area contributed by atoms with Gasteiger partial charge in [0.15, 0.2) is 5.65 Å².